The Morgan fingerprint density at radius 2 is 1.75 bits per heavy atom. The molecular weight excluding hydrogens is 294 g/mol. The van der Waals surface area contributed by atoms with Crippen LogP contribution in [0.25, 0.3) is 11.3 Å². The van der Waals surface area contributed by atoms with E-state index in [2.05, 4.69) is 61.3 Å². The normalized spacial score (nSPS) is 28.8. The molecule has 2 bridgehead atoms. The van der Waals surface area contributed by atoms with Crippen molar-refractivity contribution in [2.75, 3.05) is 18.4 Å². The summed E-state index contributed by atoms with van der Waals surface area (Å²) in [5.41, 5.74) is 5.98. The monoisotopic (exact) mass is 321 g/mol. The van der Waals surface area contributed by atoms with E-state index in [1.807, 2.05) is 6.20 Å². The van der Waals surface area contributed by atoms with Crippen LogP contribution in [0.15, 0.2) is 36.5 Å². The molecule has 3 heteroatoms. The molecule has 1 aromatic carbocycles. The van der Waals surface area contributed by atoms with Crippen molar-refractivity contribution in [3.05, 3.63) is 47.7 Å². The highest BCUT2D eigenvalue weighted by molar-refractivity contribution is 5.63. The molecule has 1 aromatic heterocycles. The van der Waals surface area contributed by atoms with Gasteiger partial charge in [-0.3, -0.25) is 9.88 Å². The molecular formula is C21H27N3. The zero-order valence-electron chi connectivity index (χ0n) is 14.9. The Balaban J connectivity index is 1.52. The average Bonchev–Trinajstić information content (AvgIpc) is 2.58. The van der Waals surface area contributed by atoms with Gasteiger partial charge in [-0.2, -0.15) is 0 Å². The number of nitrogens with zero attached hydrogens (tertiary/aromatic N) is 2. The fourth-order valence-corrected chi connectivity index (χ4v) is 4.51. The smallest absolute Gasteiger partial charge is 0.0703 e. The second kappa shape index (κ2) is 6.21. The number of aromatic nitrogens is 1. The van der Waals surface area contributed by atoms with Gasteiger partial charge >= 0.3 is 0 Å². The summed E-state index contributed by atoms with van der Waals surface area (Å²) < 4.78 is 0. The lowest BCUT2D eigenvalue weighted by atomic mass is 9.79. The Morgan fingerprint density at radius 3 is 2.33 bits per heavy atom. The number of aryl methyl sites for hydroxylation is 2. The molecule has 2 atom stereocenters. The van der Waals surface area contributed by atoms with Crippen LogP contribution >= 0.6 is 0 Å². The van der Waals surface area contributed by atoms with E-state index in [-0.39, 0.29) is 0 Å². The quantitative estimate of drug-likeness (QED) is 0.915. The summed E-state index contributed by atoms with van der Waals surface area (Å²) >= 11 is 0. The lowest BCUT2D eigenvalue weighted by molar-refractivity contribution is 0.0458. The van der Waals surface area contributed by atoms with Crippen LogP contribution in [0, 0.1) is 19.8 Å². The largest absolute Gasteiger partial charge is 0.379 e. The Labute approximate surface area is 145 Å². The van der Waals surface area contributed by atoms with Gasteiger partial charge in [0.1, 0.15) is 0 Å². The van der Waals surface area contributed by atoms with Crippen LogP contribution in [-0.2, 0) is 0 Å². The summed E-state index contributed by atoms with van der Waals surface area (Å²) in [6.45, 7) is 9.19. The van der Waals surface area contributed by atoms with E-state index >= 15 is 0 Å². The van der Waals surface area contributed by atoms with Gasteiger partial charge in [-0.1, -0.05) is 17.2 Å². The number of benzene rings is 1. The third-order valence-corrected chi connectivity index (χ3v) is 5.79. The number of pyridine rings is 1. The summed E-state index contributed by atoms with van der Waals surface area (Å²) in [5.74, 6) is 0.809. The third kappa shape index (κ3) is 2.93. The molecule has 24 heavy (non-hydrogen) atoms. The minimum atomic E-state index is 0.557. The number of rotatable bonds is 3. The van der Waals surface area contributed by atoms with Gasteiger partial charge in [0.25, 0.3) is 0 Å². The minimum Gasteiger partial charge on any atom is -0.379 e. The number of nitrogens with one attached hydrogen (secondary N) is 1. The number of hydrogen-bond donors (Lipinski definition) is 1. The van der Waals surface area contributed by atoms with E-state index < -0.39 is 0 Å². The second-order valence-corrected chi connectivity index (χ2v) is 7.59. The van der Waals surface area contributed by atoms with E-state index in [0.29, 0.717) is 12.1 Å². The molecule has 3 aliphatic rings. The summed E-state index contributed by atoms with van der Waals surface area (Å²) in [6.07, 6.45) is 4.66. The molecule has 5 rings (SSSR count). The fraction of sp³-hybridized carbons (Fsp3) is 0.476. The fourth-order valence-electron chi connectivity index (χ4n) is 4.51. The van der Waals surface area contributed by atoms with Crippen LogP contribution in [-0.4, -0.2) is 35.1 Å². The van der Waals surface area contributed by atoms with Crippen molar-refractivity contribution in [2.45, 2.75) is 45.7 Å². The predicted octanol–water partition coefficient (Wildman–Crippen LogP) is 4.26. The first-order chi connectivity index (χ1) is 11.6. The lowest BCUT2D eigenvalue weighted by Gasteiger charge is -2.50. The van der Waals surface area contributed by atoms with Crippen LogP contribution in [0.4, 0.5) is 5.69 Å². The molecule has 4 heterocycles. The maximum Gasteiger partial charge on any atom is 0.0703 e. The molecule has 0 amide bonds. The minimum absolute atomic E-state index is 0.557. The van der Waals surface area contributed by atoms with Crippen molar-refractivity contribution in [3.63, 3.8) is 0 Å². The maximum absolute atomic E-state index is 4.71. The van der Waals surface area contributed by atoms with Crippen molar-refractivity contribution >= 4 is 5.69 Å². The third-order valence-electron chi connectivity index (χ3n) is 5.79. The van der Waals surface area contributed by atoms with Gasteiger partial charge in [-0.15, -0.1) is 0 Å². The highest BCUT2D eigenvalue weighted by atomic mass is 15.2. The Bertz CT molecular complexity index is 692. The number of fused-ring (bicyclic) bond motifs is 3. The molecule has 0 saturated carbocycles. The van der Waals surface area contributed by atoms with Gasteiger partial charge in [0.2, 0.25) is 0 Å². The molecule has 0 aliphatic carbocycles. The molecule has 3 saturated heterocycles. The van der Waals surface area contributed by atoms with Crippen molar-refractivity contribution in [1.29, 1.82) is 0 Å². The van der Waals surface area contributed by atoms with E-state index in [0.717, 1.165) is 17.3 Å². The van der Waals surface area contributed by atoms with Crippen LogP contribution in [0.5, 0.6) is 0 Å². The number of hydrogen-bond acceptors (Lipinski definition) is 3. The summed E-state index contributed by atoms with van der Waals surface area (Å²) in [7, 11) is 0. The van der Waals surface area contributed by atoms with Gasteiger partial charge in [0.05, 0.1) is 17.6 Å². The van der Waals surface area contributed by atoms with Gasteiger partial charge in [-0.25, -0.2) is 0 Å². The van der Waals surface area contributed by atoms with Crippen molar-refractivity contribution in [2.24, 2.45) is 5.92 Å². The Hall–Kier alpha value is -1.87. The standard InChI is InChI=1S/C21H27N3/c1-14-10-15(2)12-18(11-14)20-5-4-19(13-22-20)23-21-16(3)24-8-6-17(21)7-9-24/h4-5,10-13,16-17,21,23H,6-9H2,1-3H3/t16-,21+/m1/s1. The van der Waals surface area contributed by atoms with Gasteiger partial charge < -0.3 is 5.32 Å². The van der Waals surface area contributed by atoms with E-state index in [9.17, 15) is 0 Å². The van der Waals surface area contributed by atoms with Gasteiger partial charge in [0.15, 0.2) is 0 Å². The highest BCUT2D eigenvalue weighted by Gasteiger charge is 2.39. The van der Waals surface area contributed by atoms with Gasteiger partial charge in [0, 0.05) is 17.6 Å². The molecule has 3 fully saturated rings. The van der Waals surface area contributed by atoms with Crippen LogP contribution in [0.2, 0.25) is 0 Å². The Kier molecular flexibility index (Phi) is 4.05. The zero-order chi connectivity index (χ0) is 16.7. The first kappa shape index (κ1) is 15.6. The first-order valence-electron chi connectivity index (χ1n) is 9.15. The van der Waals surface area contributed by atoms with Crippen molar-refractivity contribution < 1.29 is 0 Å². The molecule has 3 aliphatic heterocycles. The number of piperidine rings is 3. The first-order valence-corrected chi connectivity index (χ1v) is 9.15. The van der Waals surface area contributed by atoms with E-state index in [1.54, 1.807) is 0 Å². The summed E-state index contributed by atoms with van der Waals surface area (Å²) in [6, 6.07) is 12.1. The van der Waals surface area contributed by atoms with Crippen LogP contribution < -0.4 is 5.32 Å². The molecule has 0 radical (unpaired) electrons. The van der Waals surface area contributed by atoms with Crippen molar-refractivity contribution in [1.82, 2.24) is 9.88 Å². The Morgan fingerprint density at radius 1 is 1.04 bits per heavy atom. The van der Waals surface area contributed by atoms with Crippen molar-refractivity contribution in [3.8, 4) is 11.3 Å². The number of anilines is 1. The topological polar surface area (TPSA) is 28.2 Å². The van der Waals surface area contributed by atoms with Crippen LogP contribution in [0.3, 0.4) is 0 Å². The molecule has 126 valence electrons. The second-order valence-electron chi connectivity index (χ2n) is 7.59. The zero-order valence-corrected chi connectivity index (χ0v) is 14.9. The summed E-state index contributed by atoms with van der Waals surface area (Å²) in [5, 5.41) is 3.76. The molecule has 2 aromatic rings. The maximum atomic E-state index is 4.71. The van der Waals surface area contributed by atoms with E-state index in [4.69, 9.17) is 4.98 Å². The molecule has 0 unspecified atom stereocenters. The molecule has 1 N–H and O–H groups in total. The van der Waals surface area contributed by atoms with Gasteiger partial charge in [-0.05, 0) is 76.9 Å². The predicted molar refractivity (Wildman–Crippen MR) is 100 cm³/mol. The SMILES string of the molecule is Cc1cc(C)cc(-c2ccc(N[C@@H]3C4CCN(CC4)[C@@H]3C)cn2)c1. The molecule has 0 spiro atoms. The highest BCUT2D eigenvalue weighted by Crippen LogP contribution is 2.34. The van der Waals surface area contributed by atoms with Crippen LogP contribution in [0.1, 0.15) is 30.9 Å². The average molecular weight is 321 g/mol. The lowest BCUT2D eigenvalue weighted by Crippen LogP contribution is -2.59. The summed E-state index contributed by atoms with van der Waals surface area (Å²) in [4.78, 5) is 7.33. The van der Waals surface area contributed by atoms with E-state index in [1.165, 1.54) is 42.6 Å². The molecule has 3 nitrogen and oxygen atoms in total.